The van der Waals surface area contributed by atoms with Gasteiger partial charge >= 0.3 is 0 Å². The van der Waals surface area contributed by atoms with Crippen molar-refractivity contribution in [1.82, 2.24) is 4.58 Å². The third-order valence-electron chi connectivity index (χ3n) is 10.6. The van der Waals surface area contributed by atoms with Gasteiger partial charge in [-0.05, 0) is 139 Å². The fraction of sp³-hybridized carbons (Fsp3) is 0.204. The number of allylic oxidation sites excluding steroid dienone is 10. The van der Waals surface area contributed by atoms with E-state index in [0.717, 1.165) is 24.0 Å². The smallest absolute Gasteiger partial charge is 0.159 e. The fourth-order valence-electron chi connectivity index (χ4n) is 7.38. The van der Waals surface area contributed by atoms with E-state index < -0.39 is 0 Å². The molecule has 0 N–H and O–H groups in total. The minimum absolute atomic E-state index is 0.562. The van der Waals surface area contributed by atoms with Crippen LogP contribution >= 0.6 is 0 Å². The molecule has 0 spiro atoms. The molecule has 5 aromatic rings. The van der Waals surface area contributed by atoms with Crippen LogP contribution < -0.4 is 4.58 Å². The number of fused-ring (bicyclic) bond motifs is 3. The topological polar surface area (TPSA) is 3.01 Å². The van der Waals surface area contributed by atoms with Gasteiger partial charge < -0.3 is 0 Å². The van der Waals surface area contributed by atoms with Gasteiger partial charge in [-0.1, -0.05) is 123 Å². The monoisotopic (exact) mass is 716 g/mol. The van der Waals surface area contributed by atoms with Crippen molar-refractivity contribution >= 4 is 23.2 Å². The largest absolute Gasteiger partial charge is 0.219 e. The van der Waals surface area contributed by atoms with Gasteiger partial charge in [0.2, 0.25) is 11.4 Å². The minimum Gasteiger partial charge on any atom is -0.159 e. The second-order valence-electron chi connectivity index (χ2n) is 14.6. The van der Waals surface area contributed by atoms with E-state index in [1.54, 1.807) is 0 Å². The molecule has 0 aliphatic carbocycles. The average Bonchev–Trinajstić information content (AvgIpc) is 3.51. The summed E-state index contributed by atoms with van der Waals surface area (Å²) < 4.78 is 2.29. The standard InChI is InChI=1S/C54H54N/c1-7-10-12-14-15-23-43(36-45-24-17-16-22-40(45)4)29-32-44(21-9-3)46-30-27-41(5)50(37-46)51-38-47(31-28-42(51)6)48-33-34-54-52(39-48)49-25-18-19-26-53(49)55(54)35-20-13-11-8-2/h3,8,11,13,15-20,22-35,37-39H,7,10,12,14,21,36H2,1-2,4-6H3/q+1/b11-8-,20-13-,23-15?,43-29-,44-32+,55-35?. The Labute approximate surface area is 330 Å². The van der Waals surface area contributed by atoms with Crippen LogP contribution in [0, 0.1) is 33.1 Å². The number of unbranched alkanes of at least 4 members (excludes halogenated alkanes) is 3. The summed E-state index contributed by atoms with van der Waals surface area (Å²) in [7, 11) is 0. The lowest BCUT2D eigenvalue weighted by molar-refractivity contribution is 0.729. The Bertz CT molecular complexity index is 2380. The van der Waals surface area contributed by atoms with Crippen LogP contribution in [0.25, 0.3) is 39.0 Å². The Kier molecular flexibility index (Phi) is 13.3. The third kappa shape index (κ3) is 9.40. The van der Waals surface area contributed by atoms with Crippen molar-refractivity contribution in [3.63, 3.8) is 0 Å². The Balaban J connectivity index is 1.36. The molecule has 0 unspecified atom stereocenters. The molecule has 55 heavy (non-hydrogen) atoms. The van der Waals surface area contributed by atoms with E-state index >= 15 is 0 Å². The van der Waals surface area contributed by atoms with Crippen LogP contribution in [0.4, 0.5) is 11.4 Å². The highest BCUT2D eigenvalue weighted by atomic mass is 15.0. The summed E-state index contributed by atoms with van der Waals surface area (Å²) in [6, 6.07) is 37.9. The van der Waals surface area contributed by atoms with Crippen LogP contribution in [0.3, 0.4) is 0 Å². The molecule has 0 bridgehead atoms. The molecule has 0 fully saturated rings. The third-order valence-corrected chi connectivity index (χ3v) is 10.6. The first-order valence-corrected chi connectivity index (χ1v) is 19.8. The van der Waals surface area contributed by atoms with Crippen molar-refractivity contribution in [3.05, 3.63) is 185 Å². The van der Waals surface area contributed by atoms with Gasteiger partial charge in [-0.2, -0.15) is 4.58 Å². The first kappa shape index (κ1) is 38.7. The molecule has 1 aliphatic heterocycles. The van der Waals surface area contributed by atoms with Crippen LogP contribution in [0.1, 0.15) is 73.8 Å². The van der Waals surface area contributed by atoms with E-state index in [4.69, 9.17) is 6.42 Å². The molecule has 0 radical (unpaired) electrons. The van der Waals surface area contributed by atoms with E-state index in [1.165, 1.54) is 91.8 Å². The van der Waals surface area contributed by atoms with Crippen molar-refractivity contribution in [2.75, 3.05) is 0 Å². The van der Waals surface area contributed by atoms with E-state index in [0.29, 0.717) is 6.42 Å². The van der Waals surface area contributed by atoms with Crippen molar-refractivity contribution in [1.29, 1.82) is 0 Å². The first-order valence-electron chi connectivity index (χ1n) is 19.8. The van der Waals surface area contributed by atoms with E-state index in [2.05, 4.69) is 190 Å². The van der Waals surface area contributed by atoms with Crippen LogP contribution in [0.5, 0.6) is 0 Å². The maximum atomic E-state index is 6.01. The van der Waals surface area contributed by atoms with Crippen LogP contribution in [0.15, 0.2) is 157 Å². The van der Waals surface area contributed by atoms with Crippen molar-refractivity contribution in [2.45, 2.75) is 73.1 Å². The minimum atomic E-state index is 0.562. The maximum absolute atomic E-state index is 6.01. The van der Waals surface area contributed by atoms with Gasteiger partial charge in [-0.15, -0.1) is 12.3 Å². The molecule has 1 nitrogen and oxygen atoms in total. The summed E-state index contributed by atoms with van der Waals surface area (Å²) >= 11 is 0. The number of terminal acetylenes is 1. The lowest BCUT2D eigenvalue weighted by Crippen LogP contribution is -2.00. The molecule has 1 aliphatic rings. The number of aryl methyl sites for hydroxylation is 3. The van der Waals surface area contributed by atoms with Crippen molar-refractivity contribution in [3.8, 4) is 45.7 Å². The highest BCUT2D eigenvalue weighted by Gasteiger charge is 2.31. The lowest BCUT2D eigenvalue weighted by Gasteiger charge is -2.15. The zero-order chi connectivity index (χ0) is 38.6. The molecule has 0 saturated heterocycles. The molecular weight excluding hydrogens is 663 g/mol. The highest BCUT2D eigenvalue weighted by Crippen LogP contribution is 2.46. The molecule has 0 aromatic heterocycles. The number of hydrogen-bond acceptors (Lipinski definition) is 0. The SMILES string of the molecule is C#CC/C(=C\C=C(\C=CCCCCC)Cc1ccccc1C)c1ccc(C)c(-c2cc(-c3ccc4c(c3)-c3ccccc3[N+]4=C/C=C\C=C/C)ccc2C)c1. The average molecular weight is 717 g/mol. The molecule has 6 rings (SSSR count). The van der Waals surface area contributed by atoms with Gasteiger partial charge in [-0.3, -0.25) is 0 Å². The summed E-state index contributed by atoms with van der Waals surface area (Å²) in [5.74, 6) is 2.95. The number of benzene rings is 5. The van der Waals surface area contributed by atoms with Gasteiger partial charge in [0.15, 0.2) is 6.21 Å². The van der Waals surface area contributed by atoms with Crippen molar-refractivity contribution in [2.24, 2.45) is 0 Å². The predicted octanol–water partition coefficient (Wildman–Crippen LogP) is 14.7. The Hall–Kier alpha value is -5.97. The van der Waals surface area contributed by atoms with Gasteiger partial charge in [-0.25, -0.2) is 0 Å². The molecule has 274 valence electrons. The highest BCUT2D eigenvalue weighted by molar-refractivity contribution is 5.99. The second kappa shape index (κ2) is 18.9. The normalized spacial score (nSPS) is 13.6. The zero-order valence-electron chi connectivity index (χ0n) is 33.3. The molecule has 1 heterocycles. The summed E-state index contributed by atoms with van der Waals surface area (Å²) in [6.45, 7) is 10.9. The summed E-state index contributed by atoms with van der Waals surface area (Å²) in [5, 5.41) is 0. The number of para-hydroxylation sites is 1. The maximum Gasteiger partial charge on any atom is 0.219 e. The fourth-order valence-corrected chi connectivity index (χ4v) is 7.38. The molecule has 0 atom stereocenters. The summed E-state index contributed by atoms with van der Waals surface area (Å²) in [6.07, 6.45) is 31.9. The molecule has 5 aromatic carbocycles. The molecule has 0 amide bonds. The van der Waals surface area contributed by atoms with Crippen LogP contribution in [-0.4, -0.2) is 6.21 Å². The van der Waals surface area contributed by atoms with E-state index in [9.17, 15) is 0 Å². The second-order valence-corrected chi connectivity index (χ2v) is 14.6. The van der Waals surface area contributed by atoms with Crippen molar-refractivity contribution < 1.29 is 0 Å². The van der Waals surface area contributed by atoms with Gasteiger partial charge in [0.1, 0.15) is 0 Å². The van der Waals surface area contributed by atoms with Gasteiger partial charge in [0.05, 0.1) is 11.1 Å². The zero-order valence-corrected chi connectivity index (χ0v) is 33.3. The summed E-state index contributed by atoms with van der Waals surface area (Å²) in [5.41, 5.74) is 18.6. The molecular formula is C54H54N+. The van der Waals surface area contributed by atoms with Gasteiger partial charge in [0, 0.05) is 24.6 Å². The quantitative estimate of drug-likeness (QED) is 0.0457. The van der Waals surface area contributed by atoms with E-state index in [1.807, 2.05) is 13.0 Å². The predicted molar refractivity (Wildman–Crippen MR) is 241 cm³/mol. The Morgan fingerprint density at radius 2 is 1.38 bits per heavy atom. The van der Waals surface area contributed by atoms with Crippen LogP contribution in [0.2, 0.25) is 0 Å². The lowest BCUT2D eigenvalue weighted by atomic mass is 9.89. The Morgan fingerprint density at radius 1 is 0.673 bits per heavy atom. The number of nitrogens with zero attached hydrogens (tertiary/aromatic N) is 1. The first-order chi connectivity index (χ1) is 26.9. The van der Waals surface area contributed by atoms with E-state index in [-0.39, 0.29) is 0 Å². The van der Waals surface area contributed by atoms with Crippen LogP contribution in [-0.2, 0) is 6.42 Å². The summed E-state index contributed by atoms with van der Waals surface area (Å²) in [4.78, 5) is 0. The molecule has 0 saturated carbocycles. The Morgan fingerprint density at radius 3 is 2.16 bits per heavy atom. The molecule has 1 heteroatoms. The number of rotatable bonds is 14. The van der Waals surface area contributed by atoms with Gasteiger partial charge in [0.25, 0.3) is 0 Å². The number of hydrogen-bond donors (Lipinski definition) is 0.